The molecule has 2 rings (SSSR count). The Hall–Kier alpha value is -1.61. The highest BCUT2D eigenvalue weighted by Crippen LogP contribution is 2.22. The number of anilines is 1. The van der Waals surface area contributed by atoms with Crippen molar-refractivity contribution in [2.24, 2.45) is 10.9 Å². The van der Waals surface area contributed by atoms with Crippen LogP contribution in [-0.2, 0) is 0 Å². The van der Waals surface area contributed by atoms with Crippen LogP contribution in [0.25, 0.3) is 0 Å². The lowest BCUT2D eigenvalue weighted by Crippen LogP contribution is -2.19. The first-order chi connectivity index (χ1) is 10.0. The van der Waals surface area contributed by atoms with Gasteiger partial charge in [-0.2, -0.15) is 0 Å². The lowest BCUT2D eigenvalue weighted by molar-refractivity contribution is 0.102. The molecule has 0 aliphatic carbocycles. The van der Waals surface area contributed by atoms with Crippen LogP contribution in [0.2, 0.25) is 0 Å². The Kier molecular flexibility index (Phi) is 5.18. The van der Waals surface area contributed by atoms with Crippen LogP contribution in [0.3, 0.4) is 0 Å². The van der Waals surface area contributed by atoms with E-state index in [1.165, 1.54) is 0 Å². The molecule has 7 heteroatoms. The first-order valence-corrected chi connectivity index (χ1v) is 7.73. The first kappa shape index (κ1) is 15.8. The highest BCUT2D eigenvalue weighted by Gasteiger charge is 2.14. The van der Waals surface area contributed by atoms with Gasteiger partial charge in [-0.25, -0.2) is 0 Å². The number of rotatable bonds is 3. The van der Waals surface area contributed by atoms with Gasteiger partial charge in [0.1, 0.15) is 0 Å². The summed E-state index contributed by atoms with van der Waals surface area (Å²) in [4.78, 5) is 12.3. The average Bonchev–Trinajstić information content (AvgIpc) is 2.48. The average molecular weight is 460 g/mol. The van der Waals surface area contributed by atoms with E-state index in [-0.39, 0.29) is 11.7 Å². The van der Waals surface area contributed by atoms with Crippen LogP contribution >= 0.6 is 38.5 Å². The molecular formula is C14H11BrIN3O2. The molecule has 0 aromatic heterocycles. The van der Waals surface area contributed by atoms with Gasteiger partial charge in [0.15, 0.2) is 5.84 Å². The molecule has 0 saturated carbocycles. The van der Waals surface area contributed by atoms with Crippen molar-refractivity contribution < 1.29 is 10.0 Å². The third-order valence-electron chi connectivity index (χ3n) is 2.73. The second-order valence-electron chi connectivity index (χ2n) is 4.11. The Morgan fingerprint density at radius 2 is 1.95 bits per heavy atom. The molecule has 0 saturated heterocycles. The molecule has 0 aliphatic heterocycles. The van der Waals surface area contributed by atoms with Gasteiger partial charge in [0, 0.05) is 13.6 Å². The molecular weight excluding hydrogens is 449 g/mol. The Morgan fingerprint density at radius 1 is 1.24 bits per heavy atom. The van der Waals surface area contributed by atoms with Crippen molar-refractivity contribution in [1.82, 2.24) is 0 Å². The van der Waals surface area contributed by atoms with Crippen LogP contribution < -0.4 is 11.1 Å². The fourth-order valence-corrected chi connectivity index (χ4v) is 2.72. The van der Waals surface area contributed by atoms with Crippen molar-refractivity contribution in [1.29, 1.82) is 0 Å². The van der Waals surface area contributed by atoms with Crippen molar-refractivity contribution in [3.63, 3.8) is 0 Å². The molecule has 0 aliphatic rings. The second kappa shape index (κ2) is 6.90. The number of nitrogens with one attached hydrogen (secondary N) is 1. The van der Waals surface area contributed by atoms with Crippen molar-refractivity contribution in [2.75, 3.05) is 5.32 Å². The van der Waals surface area contributed by atoms with Gasteiger partial charge in [-0.05, 0) is 52.9 Å². The maximum absolute atomic E-state index is 12.3. The molecule has 21 heavy (non-hydrogen) atoms. The molecule has 0 unspecified atom stereocenters. The van der Waals surface area contributed by atoms with E-state index >= 15 is 0 Å². The third kappa shape index (κ3) is 3.73. The molecule has 2 aromatic rings. The normalized spacial score (nSPS) is 11.2. The number of amidine groups is 1. The molecule has 0 spiro atoms. The van der Waals surface area contributed by atoms with Crippen LogP contribution in [-0.4, -0.2) is 17.0 Å². The van der Waals surface area contributed by atoms with E-state index in [4.69, 9.17) is 10.9 Å². The number of nitrogens with zero attached hydrogens (tertiary/aromatic N) is 1. The smallest absolute Gasteiger partial charge is 0.256 e. The first-order valence-electron chi connectivity index (χ1n) is 5.86. The lowest BCUT2D eigenvalue weighted by atomic mass is 10.1. The molecule has 0 heterocycles. The van der Waals surface area contributed by atoms with E-state index in [9.17, 15) is 4.79 Å². The summed E-state index contributed by atoms with van der Waals surface area (Å²) in [6.45, 7) is 0. The van der Waals surface area contributed by atoms with Gasteiger partial charge in [-0.1, -0.05) is 33.2 Å². The van der Waals surface area contributed by atoms with Gasteiger partial charge in [-0.15, -0.1) is 0 Å². The number of amides is 1. The van der Waals surface area contributed by atoms with E-state index in [1.54, 1.807) is 30.3 Å². The lowest BCUT2D eigenvalue weighted by Gasteiger charge is -2.11. The molecule has 0 bridgehead atoms. The topological polar surface area (TPSA) is 87.7 Å². The summed E-state index contributed by atoms with van der Waals surface area (Å²) >= 11 is 5.41. The van der Waals surface area contributed by atoms with Gasteiger partial charge in [0.25, 0.3) is 5.91 Å². The summed E-state index contributed by atoms with van der Waals surface area (Å²) in [7, 11) is 0. The number of benzene rings is 2. The SMILES string of the molecule is N/C(=N/O)c1cc(Br)ccc1NC(=O)c1ccccc1I. The van der Waals surface area contributed by atoms with Crippen LogP contribution in [0, 0.1) is 3.57 Å². The quantitative estimate of drug-likeness (QED) is 0.216. The molecule has 108 valence electrons. The van der Waals surface area contributed by atoms with E-state index in [2.05, 4.69) is 49.0 Å². The maximum Gasteiger partial charge on any atom is 0.256 e. The van der Waals surface area contributed by atoms with Crippen molar-refractivity contribution >= 4 is 56.0 Å². The van der Waals surface area contributed by atoms with E-state index in [1.807, 2.05) is 12.1 Å². The zero-order valence-corrected chi connectivity index (χ0v) is 14.4. The van der Waals surface area contributed by atoms with Crippen molar-refractivity contribution in [3.05, 3.63) is 61.6 Å². The molecule has 4 N–H and O–H groups in total. The maximum atomic E-state index is 12.3. The Bertz CT molecular complexity index is 719. The number of carbonyl (C=O) groups is 1. The Morgan fingerprint density at radius 3 is 2.62 bits per heavy atom. The zero-order chi connectivity index (χ0) is 15.4. The predicted octanol–water partition coefficient (Wildman–Crippen LogP) is 3.40. The fourth-order valence-electron chi connectivity index (χ4n) is 1.73. The molecule has 2 aromatic carbocycles. The van der Waals surface area contributed by atoms with Gasteiger partial charge < -0.3 is 16.3 Å². The molecule has 0 atom stereocenters. The minimum absolute atomic E-state index is 0.0747. The third-order valence-corrected chi connectivity index (χ3v) is 4.17. The second-order valence-corrected chi connectivity index (χ2v) is 6.19. The van der Waals surface area contributed by atoms with Crippen LogP contribution in [0.4, 0.5) is 5.69 Å². The van der Waals surface area contributed by atoms with Crippen LogP contribution in [0.1, 0.15) is 15.9 Å². The summed E-state index contributed by atoms with van der Waals surface area (Å²) in [6.07, 6.45) is 0. The highest BCUT2D eigenvalue weighted by molar-refractivity contribution is 14.1. The summed E-state index contributed by atoms with van der Waals surface area (Å²) in [5.41, 5.74) is 7.10. The zero-order valence-electron chi connectivity index (χ0n) is 10.7. The number of oxime groups is 1. The summed E-state index contributed by atoms with van der Waals surface area (Å²) < 4.78 is 1.60. The number of hydrogen-bond donors (Lipinski definition) is 3. The number of hydrogen-bond acceptors (Lipinski definition) is 3. The van der Waals surface area contributed by atoms with E-state index in [0.29, 0.717) is 16.8 Å². The van der Waals surface area contributed by atoms with Crippen molar-refractivity contribution in [2.45, 2.75) is 0 Å². The number of carbonyl (C=O) groups excluding carboxylic acids is 1. The summed E-state index contributed by atoms with van der Waals surface area (Å²) in [5.74, 6) is -0.330. The molecule has 0 fully saturated rings. The summed E-state index contributed by atoms with van der Waals surface area (Å²) in [5, 5.41) is 14.6. The van der Waals surface area contributed by atoms with Crippen LogP contribution in [0.5, 0.6) is 0 Å². The van der Waals surface area contributed by atoms with Crippen LogP contribution in [0.15, 0.2) is 52.1 Å². The summed E-state index contributed by atoms with van der Waals surface area (Å²) in [6, 6.07) is 12.4. The minimum Gasteiger partial charge on any atom is -0.409 e. The predicted molar refractivity (Wildman–Crippen MR) is 93.8 cm³/mol. The Balaban J connectivity index is 2.36. The van der Waals surface area contributed by atoms with E-state index in [0.717, 1.165) is 8.04 Å². The number of nitrogens with two attached hydrogens (primary N) is 1. The molecule has 5 nitrogen and oxygen atoms in total. The number of halogens is 2. The minimum atomic E-state index is -0.255. The Labute approximate surface area is 143 Å². The van der Waals surface area contributed by atoms with Gasteiger partial charge in [0.05, 0.1) is 11.3 Å². The van der Waals surface area contributed by atoms with Crippen molar-refractivity contribution in [3.8, 4) is 0 Å². The largest absolute Gasteiger partial charge is 0.409 e. The fraction of sp³-hybridized carbons (Fsp3) is 0. The van der Waals surface area contributed by atoms with Gasteiger partial charge >= 0.3 is 0 Å². The van der Waals surface area contributed by atoms with Gasteiger partial charge in [-0.3, -0.25) is 4.79 Å². The monoisotopic (exact) mass is 459 g/mol. The standard InChI is InChI=1S/C14H11BrIN3O2/c15-8-5-6-12(10(7-8)13(17)19-21)18-14(20)9-3-1-2-4-11(9)16/h1-7,21H,(H2,17,19)(H,18,20). The highest BCUT2D eigenvalue weighted by atomic mass is 127. The van der Waals surface area contributed by atoms with E-state index < -0.39 is 0 Å². The molecule has 0 radical (unpaired) electrons. The van der Waals surface area contributed by atoms with Gasteiger partial charge in [0.2, 0.25) is 0 Å². The molecule has 1 amide bonds.